The third-order valence-electron chi connectivity index (χ3n) is 2.78. The number of pyridine rings is 1. The molecule has 0 spiro atoms. The maximum absolute atomic E-state index is 9.67. The third kappa shape index (κ3) is 2.25. The van der Waals surface area contributed by atoms with Crippen LogP contribution in [0, 0.1) is 6.92 Å². The van der Waals surface area contributed by atoms with Gasteiger partial charge in [0.2, 0.25) is 0 Å². The van der Waals surface area contributed by atoms with Gasteiger partial charge in [-0.2, -0.15) is 0 Å². The zero-order valence-electron chi connectivity index (χ0n) is 8.26. The van der Waals surface area contributed by atoms with Crippen molar-refractivity contribution in [2.45, 2.75) is 38.2 Å². The highest BCUT2D eigenvalue weighted by Crippen LogP contribution is 2.39. The highest BCUT2D eigenvalue weighted by Gasteiger charge is 2.39. The van der Waals surface area contributed by atoms with Gasteiger partial charge in [0, 0.05) is 6.20 Å². The molecule has 1 aromatic rings. The van der Waals surface area contributed by atoms with Crippen molar-refractivity contribution in [1.29, 1.82) is 0 Å². The lowest BCUT2D eigenvalue weighted by Crippen LogP contribution is -2.07. The van der Waals surface area contributed by atoms with Crippen LogP contribution in [0.2, 0.25) is 5.15 Å². The molecule has 0 radical (unpaired) electrons. The molecule has 76 valence electrons. The highest BCUT2D eigenvalue weighted by molar-refractivity contribution is 6.30. The first-order valence-electron chi connectivity index (χ1n) is 4.92. The minimum Gasteiger partial charge on any atom is -0.390 e. The minimum atomic E-state index is -0.368. The second-order valence-corrected chi connectivity index (χ2v) is 4.53. The Balaban J connectivity index is 1.99. The largest absolute Gasteiger partial charge is 0.390 e. The van der Waals surface area contributed by atoms with Gasteiger partial charge in [-0.3, -0.25) is 0 Å². The van der Waals surface area contributed by atoms with E-state index >= 15 is 0 Å². The molecule has 2 nitrogen and oxygen atoms in total. The molecule has 0 atom stereocenters. The van der Waals surface area contributed by atoms with Crippen LogP contribution in [-0.2, 0) is 6.42 Å². The second kappa shape index (κ2) is 3.52. The van der Waals surface area contributed by atoms with Crippen LogP contribution in [0.4, 0.5) is 0 Å². The maximum atomic E-state index is 9.67. The maximum Gasteiger partial charge on any atom is 0.131 e. The summed E-state index contributed by atoms with van der Waals surface area (Å²) in [5, 5.41) is 10.2. The van der Waals surface area contributed by atoms with Crippen molar-refractivity contribution >= 4 is 11.6 Å². The smallest absolute Gasteiger partial charge is 0.131 e. The van der Waals surface area contributed by atoms with Crippen LogP contribution in [0.3, 0.4) is 0 Å². The first-order valence-corrected chi connectivity index (χ1v) is 5.30. The molecule has 1 aliphatic rings. The Morgan fingerprint density at radius 2 is 2.29 bits per heavy atom. The van der Waals surface area contributed by atoms with Crippen molar-refractivity contribution in [3.05, 3.63) is 28.5 Å². The third-order valence-corrected chi connectivity index (χ3v) is 3.17. The monoisotopic (exact) mass is 211 g/mol. The van der Waals surface area contributed by atoms with Gasteiger partial charge in [0.25, 0.3) is 0 Å². The molecule has 0 aromatic carbocycles. The van der Waals surface area contributed by atoms with Gasteiger partial charge in [0.05, 0.1) is 5.60 Å². The van der Waals surface area contributed by atoms with Gasteiger partial charge in [-0.15, -0.1) is 0 Å². The Kier molecular flexibility index (Phi) is 2.50. The quantitative estimate of drug-likeness (QED) is 0.780. The van der Waals surface area contributed by atoms with Crippen molar-refractivity contribution in [2.75, 3.05) is 0 Å². The van der Waals surface area contributed by atoms with E-state index in [1.807, 2.05) is 13.0 Å². The Morgan fingerprint density at radius 3 is 2.86 bits per heavy atom. The molecule has 0 saturated heterocycles. The molecule has 1 N–H and O–H groups in total. The van der Waals surface area contributed by atoms with Crippen molar-refractivity contribution in [1.82, 2.24) is 4.98 Å². The standard InChI is InChI=1S/C11H14ClNO/c1-8-6-9(7-13-10(8)12)2-3-11(14)4-5-11/h6-7,14H,2-5H2,1H3. The molecule has 3 heteroatoms. The fraction of sp³-hybridized carbons (Fsp3) is 0.545. The summed E-state index contributed by atoms with van der Waals surface area (Å²) < 4.78 is 0. The van der Waals surface area contributed by atoms with E-state index in [0.717, 1.165) is 36.8 Å². The summed E-state index contributed by atoms with van der Waals surface area (Å²) in [7, 11) is 0. The highest BCUT2D eigenvalue weighted by atomic mass is 35.5. The van der Waals surface area contributed by atoms with Crippen LogP contribution in [-0.4, -0.2) is 15.7 Å². The lowest BCUT2D eigenvalue weighted by Gasteiger charge is -2.07. The van der Waals surface area contributed by atoms with Crippen LogP contribution in [0.15, 0.2) is 12.3 Å². The number of rotatable bonds is 3. The molecule has 0 amide bonds. The van der Waals surface area contributed by atoms with Gasteiger partial charge in [-0.05, 0) is 43.7 Å². The van der Waals surface area contributed by atoms with E-state index in [4.69, 9.17) is 11.6 Å². The van der Waals surface area contributed by atoms with E-state index < -0.39 is 0 Å². The normalized spacial score (nSPS) is 18.2. The molecule has 0 unspecified atom stereocenters. The molecule has 2 rings (SSSR count). The van der Waals surface area contributed by atoms with E-state index in [0.29, 0.717) is 5.15 Å². The zero-order valence-corrected chi connectivity index (χ0v) is 9.01. The first-order chi connectivity index (χ1) is 6.59. The number of halogens is 1. The van der Waals surface area contributed by atoms with Crippen LogP contribution in [0.1, 0.15) is 30.4 Å². The zero-order chi connectivity index (χ0) is 10.2. The molecule has 1 aromatic heterocycles. The van der Waals surface area contributed by atoms with Crippen LogP contribution >= 0.6 is 11.6 Å². The van der Waals surface area contributed by atoms with Gasteiger partial charge in [0.15, 0.2) is 0 Å². The molecule has 0 aliphatic heterocycles. The van der Waals surface area contributed by atoms with Gasteiger partial charge in [-0.1, -0.05) is 17.7 Å². The molecular formula is C11H14ClNO. The Labute approximate surface area is 88.9 Å². The van der Waals surface area contributed by atoms with Crippen LogP contribution in [0.25, 0.3) is 0 Å². The number of aryl methyl sites for hydroxylation is 2. The van der Waals surface area contributed by atoms with Crippen molar-refractivity contribution in [3.8, 4) is 0 Å². The minimum absolute atomic E-state index is 0.368. The average molecular weight is 212 g/mol. The number of nitrogens with zero attached hydrogens (tertiary/aromatic N) is 1. The van der Waals surface area contributed by atoms with Crippen LogP contribution in [0.5, 0.6) is 0 Å². The SMILES string of the molecule is Cc1cc(CCC2(O)CC2)cnc1Cl. The molecule has 1 aliphatic carbocycles. The summed E-state index contributed by atoms with van der Waals surface area (Å²) in [4.78, 5) is 4.08. The van der Waals surface area contributed by atoms with Crippen molar-refractivity contribution in [3.63, 3.8) is 0 Å². The summed E-state index contributed by atoms with van der Waals surface area (Å²) >= 11 is 5.82. The fourth-order valence-corrected chi connectivity index (χ4v) is 1.63. The van der Waals surface area contributed by atoms with Gasteiger partial charge < -0.3 is 5.11 Å². The molecule has 1 fully saturated rings. The number of hydrogen-bond acceptors (Lipinski definition) is 2. The van der Waals surface area contributed by atoms with E-state index in [1.54, 1.807) is 6.20 Å². The van der Waals surface area contributed by atoms with Crippen molar-refractivity contribution in [2.24, 2.45) is 0 Å². The number of aliphatic hydroxyl groups is 1. The molecule has 1 saturated carbocycles. The Hall–Kier alpha value is -0.600. The molecular weight excluding hydrogens is 198 g/mol. The number of hydrogen-bond donors (Lipinski definition) is 1. The summed E-state index contributed by atoms with van der Waals surface area (Å²) in [5.74, 6) is 0. The fourth-order valence-electron chi connectivity index (χ4n) is 1.52. The molecule has 0 bridgehead atoms. The van der Waals surface area contributed by atoms with Gasteiger partial charge in [0.1, 0.15) is 5.15 Å². The van der Waals surface area contributed by atoms with Gasteiger partial charge >= 0.3 is 0 Å². The van der Waals surface area contributed by atoms with E-state index in [9.17, 15) is 5.11 Å². The van der Waals surface area contributed by atoms with Crippen molar-refractivity contribution < 1.29 is 5.11 Å². The summed E-state index contributed by atoms with van der Waals surface area (Å²) in [6.45, 7) is 1.95. The summed E-state index contributed by atoms with van der Waals surface area (Å²) in [6.07, 6.45) is 5.43. The lowest BCUT2D eigenvalue weighted by molar-refractivity contribution is 0.140. The Bertz CT molecular complexity index is 347. The second-order valence-electron chi connectivity index (χ2n) is 4.18. The predicted octanol–water partition coefficient (Wildman–Crippen LogP) is 2.50. The van der Waals surface area contributed by atoms with E-state index in [1.165, 1.54) is 0 Å². The topological polar surface area (TPSA) is 33.1 Å². The van der Waals surface area contributed by atoms with Gasteiger partial charge in [-0.25, -0.2) is 4.98 Å². The lowest BCUT2D eigenvalue weighted by atomic mass is 10.1. The predicted molar refractivity (Wildman–Crippen MR) is 56.5 cm³/mol. The Morgan fingerprint density at radius 1 is 1.57 bits per heavy atom. The average Bonchev–Trinajstić information content (AvgIpc) is 2.87. The molecule has 14 heavy (non-hydrogen) atoms. The summed E-state index contributed by atoms with van der Waals surface area (Å²) in [5.41, 5.74) is 1.80. The van der Waals surface area contributed by atoms with Crippen LogP contribution < -0.4 is 0 Å². The van der Waals surface area contributed by atoms with E-state index in [-0.39, 0.29) is 5.60 Å². The summed E-state index contributed by atoms with van der Waals surface area (Å²) in [6, 6.07) is 2.04. The molecule has 1 heterocycles. The van der Waals surface area contributed by atoms with E-state index in [2.05, 4.69) is 4.98 Å². The number of aromatic nitrogens is 1. The first kappa shape index (κ1) is 9.94.